The highest BCUT2D eigenvalue weighted by Crippen LogP contribution is 2.19. The topological polar surface area (TPSA) is 30.0 Å². The Morgan fingerprint density at radius 1 is 1.29 bits per heavy atom. The molecule has 2 rings (SSSR count). The van der Waals surface area contributed by atoms with Crippen LogP contribution >= 0.6 is 0 Å². The van der Waals surface area contributed by atoms with Crippen molar-refractivity contribution in [2.75, 3.05) is 0 Å². The Balaban J connectivity index is 2.16. The molecule has 0 saturated carbocycles. The third-order valence-electron chi connectivity index (χ3n) is 2.75. The summed E-state index contributed by atoms with van der Waals surface area (Å²) in [5.74, 6) is 0. The summed E-state index contributed by atoms with van der Waals surface area (Å²) in [6.07, 6.45) is 7.18. The predicted octanol–water partition coefficient (Wildman–Crippen LogP) is 2.09. The number of hydrogen-bond donors (Lipinski definition) is 0. The third kappa shape index (κ3) is 2.00. The van der Waals surface area contributed by atoms with Gasteiger partial charge in [-0.05, 0) is 43.7 Å². The van der Waals surface area contributed by atoms with Gasteiger partial charge in [-0.1, -0.05) is 6.07 Å². The summed E-state index contributed by atoms with van der Waals surface area (Å²) < 4.78 is 0. The Labute approximate surface area is 84.4 Å². The molecule has 0 aliphatic heterocycles. The van der Waals surface area contributed by atoms with Crippen LogP contribution < -0.4 is 0 Å². The molecule has 1 aliphatic carbocycles. The quantitative estimate of drug-likeness (QED) is 0.681. The zero-order valence-corrected chi connectivity index (χ0v) is 8.33. The molecule has 0 amide bonds. The fraction of sp³-hybridized carbons (Fsp3) is 0.500. The second-order valence-corrected chi connectivity index (χ2v) is 3.82. The first kappa shape index (κ1) is 9.38. The molecule has 2 nitrogen and oxygen atoms in total. The summed E-state index contributed by atoms with van der Waals surface area (Å²) in [5, 5.41) is 0. The van der Waals surface area contributed by atoms with Gasteiger partial charge in [0.2, 0.25) is 0 Å². The van der Waals surface area contributed by atoms with Gasteiger partial charge in [-0.3, -0.25) is 4.98 Å². The van der Waals surface area contributed by atoms with E-state index in [1.54, 1.807) is 0 Å². The molecule has 0 bridgehead atoms. The zero-order chi connectivity index (χ0) is 9.80. The second kappa shape index (κ2) is 4.36. The van der Waals surface area contributed by atoms with Gasteiger partial charge in [0.25, 0.3) is 0 Å². The van der Waals surface area contributed by atoms with Crippen LogP contribution in [0.3, 0.4) is 0 Å². The molecule has 1 aliphatic rings. The number of hydrogen-bond acceptors (Lipinski definition) is 2. The largest absolute Gasteiger partial charge is 0.303 e. The molecule has 14 heavy (non-hydrogen) atoms. The van der Waals surface area contributed by atoms with Gasteiger partial charge in [0.15, 0.2) is 0 Å². The van der Waals surface area contributed by atoms with Crippen LogP contribution in [-0.4, -0.2) is 11.3 Å². The number of rotatable bonds is 3. The summed E-state index contributed by atoms with van der Waals surface area (Å²) in [6.45, 7) is 0. The molecule has 1 aromatic heterocycles. The lowest BCUT2D eigenvalue weighted by atomic mass is 9.95. The number of fused-ring (bicyclic) bond motifs is 1. The molecular weight excluding hydrogens is 174 g/mol. The maximum Gasteiger partial charge on any atom is 0.120 e. The van der Waals surface area contributed by atoms with E-state index in [9.17, 15) is 4.79 Å². The van der Waals surface area contributed by atoms with E-state index in [4.69, 9.17) is 0 Å². The van der Waals surface area contributed by atoms with Crippen molar-refractivity contribution < 1.29 is 4.79 Å². The normalized spacial score (nSPS) is 14.9. The van der Waals surface area contributed by atoms with Crippen LogP contribution in [0.4, 0.5) is 0 Å². The molecule has 0 N–H and O–H groups in total. The summed E-state index contributed by atoms with van der Waals surface area (Å²) in [5.41, 5.74) is 3.74. The molecular formula is C12H15NO. The highest BCUT2D eigenvalue weighted by Gasteiger charge is 2.10. The first-order valence-electron chi connectivity index (χ1n) is 5.31. The lowest BCUT2D eigenvalue weighted by Crippen LogP contribution is -2.07. The molecule has 1 aromatic rings. The van der Waals surface area contributed by atoms with Crippen molar-refractivity contribution in [2.24, 2.45) is 0 Å². The number of pyridine rings is 1. The number of aldehydes is 1. The lowest BCUT2D eigenvalue weighted by molar-refractivity contribution is -0.107. The van der Waals surface area contributed by atoms with Crippen molar-refractivity contribution in [1.29, 1.82) is 0 Å². The van der Waals surface area contributed by atoms with E-state index in [2.05, 4.69) is 17.1 Å². The Bertz CT molecular complexity index is 333. The number of nitrogens with zero attached hydrogens (tertiary/aromatic N) is 1. The van der Waals surface area contributed by atoms with Crippen LogP contribution in [0.15, 0.2) is 12.1 Å². The average Bonchev–Trinajstić information content (AvgIpc) is 2.26. The highest BCUT2D eigenvalue weighted by atomic mass is 16.1. The van der Waals surface area contributed by atoms with Crippen LogP contribution in [0.25, 0.3) is 0 Å². The molecule has 0 saturated heterocycles. The first-order valence-corrected chi connectivity index (χ1v) is 5.31. The summed E-state index contributed by atoms with van der Waals surface area (Å²) in [7, 11) is 0. The molecule has 1 heterocycles. The molecule has 0 aromatic carbocycles. The first-order chi connectivity index (χ1) is 6.90. The van der Waals surface area contributed by atoms with Crippen LogP contribution in [-0.2, 0) is 24.1 Å². The lowest BCUT2D eigenvalue weighted by Gasteiger charge is -2.15. The molecule has 0 atom stereocenters. The minimum Gasteiger partial charge on any atom is -0.303 e. The van der Waals surface area contributed by atoms with E-state index in [0.717, 1.165) is 24.8 Å². The van der Waals surface area contributed by atoms with Gasteiger partial charge in [-0.25, -0.2) is 0 Å². The third-order valence-corrected chi connectivity index (χ3v) is 2.75. The molecule has 0 fully saturated rings. The van der Waals surface area contributed by atoms with Crippen LogP contribution in [0.5, 0.6) is 0 Å². The van der Waals surface area contributed by atoms with Gasteiger partial charge in [0, 0.05) is 17.8 Å². The smallest absolute Gasteiger partial charge is 0.120 e. The SMILES string of the molecule is O=CCCc1ccc2c(n1)CCCC2. The van der Waals surface area contributed by atoms with E-state index < -0.39 is 0 Å². The standard InChI is InChI=1S/C12H15NO/c14-9-3-5-11-8-7-10-4-1-2-6-12(10)13-11/h7-9H,1-6H2. The molecule has 0 spiro atoms. The average molecular weight is 189 g/mol. The van der Waals surface area contributed by atoms with E-state index >= 15 is 0 Å². The van der Waals surface area contributed by atoms with Crippen molar-refractivity contribution in [1.82, 2.24) is 4.98 Å². The van der Waals surface area contributed by atoms with Crippen molar-refractivity contribution >= 4 is 6.29 Å². The Morgan fingerprint density at radius 2 is 2.14 bits per heavy atom. The van der Waals surface area contributed by atoms with Crippen LogP contribution in [0.2, 0.25) is 0 Å². The van der Waals surface area contributed by atoms with Gasteiger partial charge < -0.3 is 4.79 Å². The minimum atomic E-state index is 0.589. The monoisotopic (exact) mass is 189 g/mol. The summed E-state index contributed by atoms with van der Waals surface area (Å²) in [6, 6.07) is 4.25. The maximum atomic E-state index is 10.2. The van der Waals surface area contributed by atoms with Crippen LogP contribution in [0.1, 0.15) is 36.2 Å². The number of aromatic nitrogens is 1. The molecule has 0 unspecified atom stereocenters. The highest BCUT2D eigenvalue weighted by molar-refractivity contribution is 5.49. The fourth-order valence-corrected chi connectivity index (χ4v) is 1.97. The summed E-state index contributed by atoms with van der Waals surface area (Å²) in [4.78, 5) is 14.8. The van der Waals surface area contributed by atoms with E-state index in [1.807, 2.05) is 0 Å². The van der Waals surface area contributed by atoms with Crippen molar-refractivity contribution in [3.63, 3.8) is 0 Å². The van der Waals surface area contributed by atoms with E-state index in [0.29, 0.717) is 6.42 Å². The maximum absolute atomic E-state index is 10.2. The number of carbonyl (C=O) groups is 1. The van der Waals surface area contributed by atoms with Gasteiger partial charge in [0.1, 0.15) is 6.29 Å². The summed E-state index contributed by atoms with van der Waals surface area (Å²) >= 11 is 0. The Hall–Kier alpha value is -1.18. The second-order valence-electron chi connectivity index (χ2n) is 3.82. The fourth-order valence-electron chi connectivity index (χ4n) is 1.97. The number of aryl methyl sites for hydroxylation is 3. The van der Waals surface area contributed by atoms with Crippen LogP contribution in [0, 0.1) is 0 Å². The van der Waals surface area contributed by atoms with Gasteiger partial charge in [-0.15, -0.1) is 0 Å². The van der Waals surface area contributed by atoms with Gasteiger partial charge in [0.05, 0.1) is 0 Å². The molecule has 74 valence electrons. The molecule has 0 radical (unpaired) electrons. The van der Waals surface area contributed by atoms with Crippen molar-refractivity contribution in [3.8, 4) is 0 Å². The van der Waals surface area contributed by atoms with Gasteiger partial charge in [-0.2, -0.15) is 0 Å². The predicted molar refractivity (Wildman–Crippen MR) is 55.3 cm³/mol. The molecule has 2 heteroatoms. The van der Waals surface area contributed by atoms with Crippen molar-refractivity contribution in [2.45, 2.75) is 38.5 Å². The zero-order valence-electron chi connectivity index (χ0n) is 8.33. The van der Waals surface area contributed by atoms with Gasteiger partial charge >= 0.3 is 0 Å². The minimum absolute atomic E-state index is 0.589. The Kier molecular flexibility index (Phi) is 2.92. The van der Waals surface area contributed by atoms with E-state index in [-0.39, 0.29) is 0 Å². The van der Waals surface area contributed by atoms with Crippen molar-refractivity contribution in [3.05, 3.63) is 29.1 Å². The Morgan fingerprint density at radius 3 is 3.00 bits per heavy atom. The number of carbonyl (C=O) groups excluding carboxylic acids is 1. The van der Waals surface area contributed by atoms with E-state index in [1.165, 1.54) is 30.5 Å².